The lowest BCUT2D eigenvalue weighted by molar-refractivity contribution is -0.116. The fourth-order valence-corrected chi connectivity index (χ4v) is 4.14. The van der Waals surface area contributed by atoms with Gasteiger partial charge in [0, 0.05) is 18.2 Å². The Kier molecular flexibility index (Phi) is 5.41. The zero-order chi connectivity index (χ0) is 18.1. The summed E-state index contributed by atoms with van der Waals surface area (Å²) in [6, 6.07) is 6.39. The van der Waals surface area contributed by atoms with E-state index in [9.17, 15) is 9.59 Å². The van der Waals surface area contributed by atoms with E-state index < -0.39 is 0 Å². The fourth-order valence-electron chi connectivity index (χ4n) is 2.63. The number of halogens is 2. The molecule has 0 fully saturated rings. The second-order valence-corrected chi connectivity index (χ2v) is 7.92. The van der Waals surface area contributed by atoms with Gasteiger partial charge in [0.15, 0.2) is 5.16 Å². The van der Waals surface area contributed by atoms with E-state index >= 15 is 0 Å². The zero-order valence-electron chi connectivity index (χ0n) is 13.8. The molecule has 5 nitrogen and oxygen atoms in total. The summed E-state index contributed by atoms with van der Waals surface area (Å²) >= 11 is 13.5. The zero-order valence-corrected chi connectivity index (χ0v) is 16.1. The van der Waals surface area contributed by atoms with Crippen molar-refractivity contribution in [1.82, 2.24) is 9.55 Å². The number of amides is 1. The van der Waals surface area contributed by atoms with Gasteiger partial charge in [0.1, 0.15) is 0 Å². The highest BCUT2D eigenvalue weighted by atomic mass is 35.5. The Morgan fingerprint density at radius 1 is 1.44 bits per heavy atom. The van der Waals surface area contributed by atoms with E-state index in [2.05, 4.69) is 10.3 Å². The summed E-state index contributed by atoms with van der Waals surface area (Å²) < 4.78 is 1.61. The molecular weight excluding hydrogens is 381 g/mol. The second-order valence-electron chi connectivity index (χ2n) is 6.15. The molecule has 0 saturated heterocycles. The number of fused-ring (bicyclic) bond motifs is 1. The summed E-state index contributed by atoms with van der Waals surface area (Å²) in [5, 5.41) is 4.12. The largest absolute Gasteiger partial charge is 0.325 e. The van der Waals surface area contributed by atoms with E-state index in [1.165, 1.54) is 11.8 Å². The molecule has 1 aliphatic heterocycles. The first-order chi connectivity index (χ1) is 11.9. The van der Waals surface area contributed by atoms with Crippen LogP contribution in [0, 0.1) is 0 Å². The Bertz CT molecular complexity index is 883. The summed E-state index contributed by atoms with van der Waals surface area (Å²) in [5.74, 6) is 0.606. The standard InChI is InChI=1S/C17H17Cl2N3O2S/c1-9(2)13-7-15(24)22-10(8-25-17(22)21-13)6-14(23)20-12-5-3-4-11(18)16(12)19/h3-5,7,9-10H,6,8H2,1-2H3,(H,20,23). The van der Waals surface area contributed by atoms with E-state index in [0.717, 1.165) is 5.69 Å². The van der Waals surface area contributed by atoms with Gasteiger partial charge in [0.2, 0.25) is 5.91 Å². The second kappa shape index (κ2) is 7.40. The van der Waals surface area contributed by atoms with Crippen LogP contribution in [0.5, 0.6) is 0 Å². The lowest BCUT2D eigenvalue weighted by atomic mass is 10.1. The number of anilines is 1. The Balaban J connectivity index is 1.77. The van der Waals surface area contributed by atoms with Gasteiger partial charge >= 0.3 is 0 Å². The molecule has 25 heavy (non-hydrogen) atoms. The topological polar surface area (TPSA) is 64.0 Å². The Morgan fingerprint density at radius 3 is 2.92 bits per heavy atom. The molecule has 0 spiro atoms. The molecule has 0 aliphatic carbocycles. The first-order valence-corrected chi connectivity index (χ1v) is 9.61. The van der Waals surface area contributed by atoms with Crippen LogP contribution < -0.4 is 10.9 Å². The van der Waals surface area contributed by atoms with Gasteiger partial charge in [-0.1, -0.05) is 54.9 Å². The molecule has 1 aromatic carbocycles. The number of nitrogens with one attached hydrogen (secondary N) is 1. The summed E-state index contributed by atoms with van der Waals surface area (Å²) in [6.45, 7) is 4.00. The van der Waals surface area contributed by atoms with Crippen LogP contribution in [0.25, 0.3) is 0 Å². The molecule has 0 bridgehead atoms. The van der Waals surface area contributed by atoms with Crippen LogP contribution in [0.4, 0.5) is 5.69 Å². The number of hydrogen-bond acceptors (Lipinski definition) is 4. The lowest BCUT2D eigenvalue weighted by Gasteiger charge is -2.15. The van der Waals surface area contributed by atoms with E-state index in [0.29, 0.717) is 26.6 Å². The maximum Gasteiger partial charge on any atom is 0.254 e. The van der Waals surface area contributed by atoms with Crippen molar-refractivity contribution in [3.05, 3.63) is 50.4 Å². The van der Waals surface area contributed by atoms with Crippen molar-refractivity contribution in [2.45, 2.75) is 37.4 Å². The van der Waals surface area contributed by atoms with Crippen LogP contribution in [0.3, 0.4) is 0 Å². The molecule has 0 radical (unpaired) electrons. The molecule has 2 heterocycles. The quantitative estimate of drug-likeness (QED) is 0.778. The minimum absolute atomic E-state index is 0.114. The summed E-state index contributed by atoms with van der Waals surface area (Å²) in [6.07, 6.45) is 0.172. The number of thioether (sulfide) groups is 1. The average molecular weight is 398 g/mol. The maximum absolute atomic E-state index is 12.4. The third-order valence-electron chi connectivity index (χ3n) is 3.95. The molecule has 132 valence electrons. The van der Waals surface area contributed by atoms with Crippen LogP contribution in [-0.2, 0) is 4.79 Å². The summed E-state index contributed by atoms with van der Waals surface area (Å²) in [5.41, 5.74) is 1.13. The first kappa shape index (κ1) is 18.3. The average Bonchev–Trinajstić information content (AvgIpc) is 2.95. The molecule has 3 rings (SSSR count). The van der Waals surface area contributed by atoms with Gasteiger partial charge in [-0.2, -0.15) is 0 Å². The van der Waals surface area contributed by atoms with Crippen LogP contribution >= 0.6 is 35.0 Å². The minimum Gasteiger partial charge on any atom is -0.325 e. The number of hydrogen-bond donors (Lipinski definition) is 1. The highest BCUT2D eigenvalue weighted by Crippen LogP contribution is 2.34. The van der Waals surface area contributed by atoms with Crippen LogP contribution in [-0.4, -0.2) is 21.2 Å². The van der Waals surface area contributed by atoms with Gasteiger partial charge in [0.25, 0.3) is 5.56 Å². The van der Waals surface area contributed by atoms with Gasteiger partial charge in [0.05, 0.1) is 27.5 Å². The number of carbonyl (C=O) groups is 1. The molecule has 1 unspecified atom stereocenters. The van der Waals surface area contributed by atoms with Crippen LogP contribution in [0.1, 0.15) is 37.9 Å². The van der Waals surface area contributed by atoms with Crippen molar-refractivity contribution in [3.63, 3.8) is 0 Å². The van der Waals surface area contributed by atoms with E-state index in [4.69, 9.17) is 23.2 Å². The maximum atomic E-state index is 12.4. The fraction of sp³-hybridized carbons (Fsp3) is 0.353. The van der Waals surface area contributed by atoms with Gasteiger partial charge in [-0.05, 0) is 18.1 Å². The predicted octanol–water partition coefficient (Wildman–Crippen LogP) is 4.35. The van der Waals surface area contributed by atoms with Crippen molar-refractivity contribution in [2.75, 3.05) is 11.1 Å². The smallest absolute Gasteiger partial charge is 0.254 e. The summed E-state index contributed by atoms with van der Waals surface area (Å²) in [7, 11) is 0. The number of benzene rings is 1. The van der Waals surface area contributed by atoms with Gasteiger partial charge in [-0.15, -0.1) is 0 Å². The van der Waals surface area contributed by atoms with Crippen LogP contribution in [0.2, 0.25) is 10.0 Å². The predicted molar refractivity (Wildman–Crippen MR) is 102 cm³/mol. The molecule has 1 N–H and O–H groups in total. The number of nitrogens with zero attached hydrogens (tertiary/aromatic N) is 2. The number of aromatic nitrogens is 2. The van der Waals surface area contributed by atoms with E-state index in [-0.39, 0.29) is 29.8 Å². The van der Waals surface area contributed by atoms with Gasteiger partial charge in [-0.25, -0.2) is 4.98 Å². The molecular formula is C17H17Cl2N3O2S. The van der Waals surface area contributed by atoms with Crippen molar-refractivity contribution < 1.29 is 4.79 Å². The lowest BCUT2D eigenvalue weighted by Crippen LogP contribution is -2.28. The molecule has 1 aromatic heterocycles. The molecule has 1 amide bonds. The third-order valence-corrected chi connectivity index (χ3v) is 5.86. The van der Waals surface area contributed by atoms with Crippen molar-refractivity contribution in [2.24, 2.45) is 0 Å². The summed E-state index contributed by atoms with van der Waals surface area (Å²) in [4.78, 5) is 29.3. The Labute approximate surface area is 159 Å². The minimum atomic E-state index is -0.223. The van der Waals surface area contributed by atoms with Crippen molar-refractivity contribution in [1.29, 1.82) is 0 Å². The number of rotatable bonds is 4. The highest BCUT2D eigenvalue weighted by molar-refractivity contribution is 7.99. The highest BCUT2D eigenvalue weighted by Gasteiger charge is 2.28. The normalized spacial score (nSPS) is 16.1. The molecule has 1 aliphatic rings. The Hall–Kier alpha value is -1.50. The molecule has 0 saturated carbocycles. The van der Waals surface area contributed by atoms with E-state index in [1.807, 2.05) is 13.8 Å². The SMILES string of the molecule is CC(C)c1cc(=O)n2c(n1)SCC2CC(=O)Nc1cccc(Cl)c1Cl. The number of carbonyl (C=O) groups excluding carboxylic acids is 1. The van der Waals surface area contributed by atoms with Gasteiger partial charge in [-0.3, -0.25) is 14.2 Å². The van der Waals surface area contributed by atoms with Crippen molar-refractivity contribution >= 4 is 46.6 Å². The van der Waals surface area contributed by atoms with Crippen LogP contribution in [0.15, 0.2) is 34.2 Å². The first-order valence-electron chi connectivity index (χ1n) is 7.87. The molecule has 2 aromatic rings. The third kappa shape index (κ3) is 3.86. The van der Waals surface area contributed by atoms with E-state index in [1.54, 1.807) is 28.8 Å². The molecule has 8 heteroatoms. The van der Waals surface area contributed by atoms with Gasteiger partial charge < -0.3 is 5.32 Å². The van der Waals surface area contributed by atoms with Crippen molar-refractivity contribution in [3.8, 4) is 0 Å². The molecule has 1 atom stereocenters. The Morgan fingerprint density at radius 2 is 2.20 bits per heavy atom. The monoisotopic (exact) mass is 397 g/mol.